The van der Waals surface area contributed by atoms with Gasteiger partial charge in [-0.15, -0.1) is 11.8 Å². The Labute approximate surface area is 217 Å². The lowest BCUT2D eigenvalue weighted by atomic mass is 9.94. The number of hydrogen-bond donors (Lipinski definition) is 2. The molecule has 1 saturated carbocycles. The predicted octanol–water partition coefficient (Wildman–Crippen LogP) is 4.72. The maximum Gasteiger partial charge on any atom is 0.329 e. The highest BCUT2D eigenvalue weighted by molar-refractivity contribution is 9.11. The van der Waals surface area contributed by atoms with Crippen molar-refractivity contribution >= 4 is 67.1 Å². The highest BCUT2D eigenvalue weighted by Gasteiger charge is 2.23. The average Bonchev–Trinajstić information content (AvgIpc) is 2.76. The third-order valence-corrected chi connectivity index (χ3v) is 7.60. The van der Waals surface area contributed by atoms with Crippen LogP contribution in [0.1, 0.15) is 51.5 Å². The standard InChI is InChI=1S/C23H33Br2N3O4S/c1-4-32-23(31)20(26-15(2)29)13-33-14-21(30)27-22-16(10-17(24)11-19(22)25)12-28(3)18-8-6-5-7-9-18/h10-11,18,20H,4-9,12-14H2,1-3H3,(H,26,29)(H,27,30)/t20-/m0/s1. The smallest absolute Gasteiger partial charge is 0.329 e. The number of ether oxygens (including phenoxy) is 1. The van der Waals surface area contributed by atoms with Gasteiger partial charge in [0, 0.05) is 34.2 Å². The molecule has 2 rings (SSSR count). The van der Waals surface area contributed by atoms with E-state index < -0.39 is 12.0 Å². The Morgan fingerprint density at radius 2 is 1.91 bits per heavy atom. The van der Waals surface area contributed by atoms with E-state index in [9.17, 15) is 14.4 Å². The molecule has 2 amide bonds. The summed E-state index contributed by atoms with van der Waals surface area (Å²) in [6.07, 6.45) is 6.26. The van der Waals surface area contributed by atoms with E-state index in [-0.39, 0.29) is 29.9 Å². The zero-order valence-electron chi connectivity index (χ0n) is 19.4. The first-order valence-corrected chi connectivity index (χ1v) is 13.9. The van der Waals surface area contributed by atoms with Gasteiger partial charge in [0.05, 0.1) is 18.0 Å². The fraction of sp³-hybridized carbons (Fsp3) is 0.609. The second-order valence-corrected chi connectivity index (χ2v) is 11.0. The maximum absolute atomic E-state index is 12.7. The molecule has 1 atom stereocenters. The van der Waals surface area contributed by atoms with Crippen LogP contribution in [0.25, 0.3) is 0 Å². The number of nitrogens with one attached hydrogen (secondary N) is 2. The van der Waals surface area contributed by atoms with Gasteiger partial charge in [-0.1, -0.05) is 35.2 Å². The van der Waals surface area contributed by atoms with Gasteiger partial charge in [-0.2, -0.15) is 0 Å². The lowest BCUT2D eigenvalue weighted by Crippen LogP contribution is -2.42. The molecule has 0 radical (unpaired) electrons. The third-order valence-electron chi connectivity index (χ3n) is 5.49. The van der Waals surface area contributed by atoms with Gasteiger partial charge in [0.1, 0.15) is 6.04 Å². The number of nitrogens with zero attached hydrogens (tertiary/aromatic N) is 1. The van der Waals surface area contributed by atoms with Crippen LogP contribution in [0, 0.1) is 0 Å². The molecule has 0 aliphatic heterocycles. The van der Waals surface area contributed by atoms with E-state index in [4.69, 9.17) is 4.74 Å². The van der Waals surface area contributed by atoms with Crippen molar-refractivity contribution in [1.29, 1.82) is 0 Å². The lowest BCUT2D eigenvalue weighted by Gasteiger charge is -2.32. The molecule has 1 fully saturated rings. The van der Waals surface area contributed by atoms with Crippen molar-refractivity contribution in [1.82, 2.24) is 10.2 Å². The predicted molar refractivity (Wildman–Crippen MR) is 140 cm³/mol. The Hall–Kier alpha value is -1.10. The number of rotatable bonds is 11. The van der Waals surface area contributed by atoms with E-state index in [1.165, 1.54) is 50.8 Å². The molecule has 184 valence electrons. The second-order valence-electron chi connectivity index (χ2n) is 8.20. The summed E-state index contributed by atoms with van der Waals surface area (Å²) in [7, 11) is 2.14. The third kappa shape index (κ3) is 9.58. The maximum atomic E-state index is 12.7. The van der Waals surface area contributed by atoms with Gasteiger partial charge < -0.3 is 15.4 Å². The molecule has 0 unspecified atom stereocenters. The van der Waals surface area contributed by atoms with Crippen molar-refractivity contribution in [2.45, 2.75) is 64.6 Å². The molecule has 0 spiro atoms. The van der Waals surface area contributed by atoms with Crippen molar-refractivity contribution < 1.29 is 19.1 Å². The van der Waals surface area contributed by atoms with Crippen molar-refractivity contribution in [3.63, 3.8) is 0 Å². The zero-order chi connectivity index (χ0) is 24.4. The number of carbonyl (C=O) groups excluding carboxylic acids is 3. The van der Waals surface area contributed by atoms with E-state index in [0.717, 1.165) is 26.7 Å². The summed E-state index contributed by atoms with van der Waals surface area (Å²) in [4.78, 5) is 38.5. The van der Waals surface area contributed by atoms with Crippen molar-refractivity contribution in [2.75, 3.05) is 30.5 Å². The van der Waals surface area contributed by atoms with Crippen LogP contribution in [0.3, 0.4) is 0 Å². The van der Waals surface area contributed by atoms with Crippen molar-refractivity contribution in [3.8, 4) is 0 Å². The summed E-state index contributed by atoms with van der Waals surface area (Å²) in [5.41, 5.74) is 1.79. The molecule has 0 heterocycles. The van der Waals surface area contributed by atoms with Crippen molar-refractivity contribution in [3.05, 3.63) is 26.6 Å². The summed E-state index contributed by atoms with van der Waals surface area (Å²) in [5, 5.41) is 5.61. The Bertz CT molecular complexity index is 834. The molecule has 1 aromatic rings. The Morgan fingerprint density at radius 1 is 1.21 bits per heavy atom. The molecule has 7 nitrogen and oxygen atoms in total. The van der Waals surface area contributed by atoms with E-state index in [2.05, 4.69) is 54.4 Å². The quantitative estimate of drug-likeness (QED) is 0.355. The normalized spacial score (nSPS) is 15.2. The number of amides is 2. The molecule has 1 aliphatic rings. The summed E-state index contributed by atoms with van der Waals surface area (Å²) < 4.78 is 6.76. The number of hydrogen-bond acceptors (Lipinski definition) is 6. The van der Waals surface area contributed by atoms with Gasteiger partial charge in [-0.3, -0.25) is 14.5 Å². The lowest BCUT2D eigenvalue weighted by molar-refractivity contribution is -0.146. The number of esters is 1. The summed E-state index contributed by atoms with van der Waals surface area (Å²) in [5.74, 6) is -0.580. The second kappa shape index (κ2) is 14.3. The van der Waals surface area contributed by atoms with Gasteiger partial charge >= 0.3 is 5.97 Å². The van der Waals surface area contributed by atoms with Gasteiger partial charge in [-0.25, -0.2) is 4.79 Å². The Kier molecular flexibility index (Phi) is 12.2. The van der Waals surface area contributed by atoms with E-state index in [1.54, 1.807) is 6.92 Å². The summed E-state index contributed by atoms with van der Waals surface area (Å²) in [6, 6.07) is 3.74. The van der Waals surface area contributed by atoms with Gasteiger partial charge in [-0.05, 0) is 60.4 Å². The first-order valence-electron chi connectivity index (χ1n) is 11.2. The van der Waals surface area contributed by atoms with E-state index >= 15 is 0 Å². The van der Waals surface area contributed by atoms with Crippen LogP contribution in [0.2, 0.25) is 0 Å². The number of thioether (sulfide) groups is 1. The highest BCUT2D eigenvalue weighted by atomic mass is 79.9. The first kappa shape index (κ1) is 28.1. The molecule has 1 aliphatic carbocycles. The molecular weight excluding hydrogens is 574 g/mol. The minimum Gasteiger partial charge on any atom is -0.464 e. The largest absolute Gasteiger partial charge is 0.464 e. The van der Waals surface area contributed by atoms with E-state index in [1.807, 2.05) is 12.1 Å². The van der Waals surface area contributed by atoms with Gasteiger partial charge in [0.2, 0.25) is 11.8 Å². The molecular formula is C23H33Br2N3O4S. The molecule has 0 saturated heterocycles. The molecule has 10 heteroatoms. The number of halogens is 2. The van der Waals surface area contributed by atoms with Crippen LogP contribution in [-0.4, -0.2) is 59.9 Å². The van der Waals surface area contributed by atoms with E-state index in [0.29, 0.717) is 6.04 Å². The number of anilines is 1. The minimum atomic E-state index is -0.778. The summed E-state index contributed by atoms with van der Waals surface area (Å²) in [6.45, 7) is 4.03. The summed E-state index contributed by atoms with van der Waals surface area (Å²) >= 11 is 8.42. The zero-order valence-corrected chi connectivity index (χ0v) is 23.4. The molecule has 1 aromatic carbocycles. The fourth-order valence-electron chi connectivity index (χ4n) is 3.91. The molecule has 33 heavy (non-hydrogen) atoms. The number of benzene rings is 1. The van der Waals surface area contributed by atoms with Crippen LogP contribution >= 0.6 is 43.6 Å². The van der Waals surface area contributed by atoms with Gasteiger partial charge in [0.15, 0.2) is 0 Å². The van der Waals surface area contributed by atoms with Crippen LogP contribution in [0.15, 0.2) is 21.1 Å². The van der Waals surface area contributed by atoms with Crippen LogP contribution in [-0.2, 0) is 25.7 Å². The number of carbonyl (C=O) groups is 3. The topological polar surface area (TPSA) is 87.7 Å². The van der Waals surface area contributed by atoms with Crippen LogP contribution in [0.4, 0.5) is 5.69 Å². The monoisotopic (exact) mass is 605 g/mol. The van der Waals surface area contributed by atoms with Crippen molar-refractivity contribution in [2.24, 2.45) is 0 Å². The fourth-order valence-corrected chi connectivity index (χ4v) is 6.16. The first-order chi connectivity index (χ1) is 15.7. The van der Waals surface area contributed by atoms with Crippen LogP contribution in [0.5, 0.6) is 0 Å². The average molecular weight is 607 g/mol. The molecule has 0 aromatic heterocycles. The minimum absolute atomic E-state index is 0.149. The Morgan fingerprint density at radius 3 is 2.55 bits per heavy atom. The van der Waals surface area contributed by atoms with Gasteiger partial charge in [0.25, 0.3) is 0 Å². The molecule has 0 bridgehead atoms. The van der Waals surface area contributed by atoms with Crippen LogP contribution < -0.4 is 10.6 Å². The molecule has 2 N–H and O–H groups in total. The Balaban J connectivity index is 1.99. The highest BCUT2D eigenvalue weighted by Crippen LogP contribution is 2.33. The SMILES string of the molecule is CCOC(=O)[C@H](CSCC(=O)Nc1c(Br)cc(Br)cc1CN(C)C1CCCCC1)NC(C)=O.